The van der Waals surface area contributed by atoms with Crippen molar-refractivity contribution >= 4 is 40.5 Å². The molecule has 3 rings (SSSR count). The molecule has 0 saturated carbocycles. The van der Waals surface area contributed by atoms with Crippen LogP contribution in [-0.4, -0.2) is 29.6 Å². The Morgan fingerprint density at radius 3 is 2.52 bits per heavy atom. The molecule has 0 N–H and O–H groups in total. The molecule has 130 valence electrons. The predicted octanol–water partition coefficient (Wildman–Crippen LogP) is 4.18. The van der Waals surface area contributed by atoms with Gasteiger partial charge in [0, 0.05) is 0 Å². The van der Waals surface area contributed by atoms with E-state index >= 15 is 0 Å². The van der Waals surface area contributed by atoms with E-state index < -0.39 is 0 Å². The summed E-state index contributed by atoms with van der Waals surface area (Å²) in [5.74, 6) is 0.0882. The summed E-state index contributed by atoms with van der Waals surface area (Å²) < 4.78 is 18.3. The van der Waals surface area contributed by atoms with E-state index in [0.29, 0.717) is 21.6 Å². The lowest BCUT2D eigenvalue weighted by Crippen LogP contribution is -2.34. The fourth-order valence-corrected chi connectivity index (χ4v) is 3.47. The van der Waals surface area contributed by atoms with Gasteiger partial charge in [0.05, 0.1) is 23.9 Å². The average molecular weight is 379 g/mol. The molecule has 0 spiro atoms. The Morgan fingerprint density at radius 2 is 1.92 bits per heavy atom. The monoisotopic (exact) mass is 378 g/mol. The van der Waals surface area contributed by atoms with Gasteiger partial charge in [0.2, 0.25) is 0 Å². The zero-order valence-corrected chi connectivity index (χ0v) is 15.3. The zero-order chi connectivity index (χ0) is 18.1. The molecule has 1 saturated heterocycles. The molecule has 0 radical (unpaired) electrons. The molecule has 1 aliphatic heterocycles. The largest absolute Gasteiger partial charge is 0.495 e. The van der Waals surface area contributed by atoms with Gasteiger partial charge in [-0.05, 0) is 55.0 Å². The van der Waals surface area contributed by atoms with Crippen molar-refractivity contribution in [3.8, 4) is 5.75 Å². The fourth-order valence-electron chi connectivity index (χ4n) is 2.79. The van der Waals surface area contributed by atoms with Gasteiger partial charge in [-0.3, -0.25) is 9.69 Å². The van der Waals surface area contributed by atoms with Crippen molar-refractivity contribution in [3.63, 3.8) is 0 Å². The van der Waals surface area contributed by atoms with Gasteiger partial charge in [-0.2, -0.15) is 0 Å². The first kappa shape index (κ1) is 17.6. The summed E-state index contributed by atoms with van der Waals surface area (Å²) in [4.78, 5) is 15.8. The summed E-state index contributed by atoms with van der Waals surface area (Å²) in [6, 6.07) is 11.1. The van der Waals surface area contributed by atoms with Crippen molar-refractivity contribution in [2.75, 3.05) is 18.6 Å². The molecule has 1 aliphatic rings. The molecule has 0 aliphatic carbocycles. The molecule has 1 unspecified atom stereocenters. The third-order valence-electron chi connectivity index (χ3n) is 4.21. The van der Waals surface area contributed by atoms with Crippen LogP contribution in [0.1, 0.15) is 18.5 Å². The summed E-state index contributed by atoms with van der Waals surface area (Å²) in [6.45, 7) is 2.08. The predicted molar refractivity (Wildman–Crippen MR) is 99.6 cm³/mol. The Kier molecular flexibility index (Phi) is 4.92. The molecular formula is C18H16ClFN2O2S. The smallest absolute Gasteiger partial charge is 0.252 e. The number of carbonyl (C=O) groups is 1. The molecule has 2 aromatic rings. The Hall–Kier alpha value is -2.18. The van der Waals surface area contributed by atoms with Crippen molar-refractivity contribution in [1.29, 1.82) is 0 Å². The highest BCUT2D eigenvalue weighted by molar-refractivity contribution is 7.80. The van der Waals surface area contributed by atoms with Gasteiger partial charge in [-0.25, -0.2) is 4.39 Å². The number of hydrogen-bond acceptors (Lipinski definition) is 3. The molecule has 0 aromatic heterocycles. The second kappa shape index (κ2) is 6.98. The Bertz CT molecular complexity index is 828. The first-order chi connectivity index (χ1) is 11.9. The molecular weight excluding hydrogens is 363 g/mol. The highest BCUT2D eigenvalue weighted by Gasteiger charge is 2.37. The molecule has 4 nitrogen and oxygen atoms in total. The molecule has 1 atom stereocenters. The van der Waals surface area contributed by atoms with Crippen LogP contribution in [0.2, 0.25) is 5.02 Å². The number of amides is 1. The van der Waals surface area contributed by atoms with Crippen LogP contribution < -0.4 is 9.64 Å². The number of ether oxygens (including phenoxy) is 1. The zero-order valence-electron chi connectivity index (χ0n) is 13.7. The van der Waals surface area contributed by atoms with Crippen LogP contribution in [0.4, 0.5) is 10.1 Å². The number of hydrogen-bond donors (Lipinski definition) is 0. The average Bonchev–Trinajstić information content (AvgIpc) is 2.89. The third kappa shape index (κ3) is 3.32. The molecule has 25 heavy (non-hydrogen) atoms. The van der Waals surface area contributed by atoms with Crippen LogP contribution in [0.3, 0.4) is 0 Å². The van der Waals surface area contributed by atoms with E-state index in [9.17, 15) is 9.18 Å². The maximum atomic E-state index is 13.1. The maximum absolute atomic E-state index is 13.1. The van der Waals surface area contributed by atoms with Crippen molar-refractivity contribution in [2.24, 2.45) is 0 Å². The third-order valence-corrected chi connectivity index (χ3v) is 4.92. The molecule has 7 heteroatoms. The van der Waals surface area contributed by atoms with Crippen molar-refractivity contribution < 1.29 is 13.9 Å². The lowest BCUT2D eigenvalue weighted by Gasteiger charge is -2.26. The summed E-state index contributed by atoms with van der Waals surface area (Å²) in [6.07, 6.45) is 0. The number of benzene rings is 2. The standard InChI is InChI=1S/C18H16ClFN2O2S/c1-11(12-3-5-13(20)6-4-12)21-10-17(23)22(18(21)25)14-7-8-16(24-2)15(19)9-14/h3-9,11H,10H2,1-2H3. The maximum Gasteiger partial charge on any atom is 0.252 e. The second-order valence-electron chi connectivity index (χ2n) is 5.69. The van der Waals surface area contributed by atoms with E-state index in [1.54, 1.807) is 30.3 Å². The van der Waals surface area contributed by atoms with Crippen molar-refractivity contribution in [2.45, 2.75) is 13.0 Å². The van der Waals surface area contributed by atoms with Crippen LogP contribution in [-0.2, 0) is 4.79 Å². The Balaban J connectivity index is 1.87. The first-order valence-electron chi connectivity index (χ1n) is 7.65. The molecule has 1 fully saturated rings. The molecule has 1 amide bonds. The van der Waals surface area contributed by atoms with E-state index in [0.717, 1.165) is 5.56 Å². The lowest BCUT2D eigenvalue weighted by atomic mass is 10.1. The van der Waals surface area contributed by atoms with Gasteiger partial charge < -0.3 is 9.64 Å². The van der Waals surface area contributed by atoms with Gasteiger partial charge >= 0.3 is 0 Å². The van der Waals surface area contributed by atoms with E-state index in [4.69, 9.17) is 28.6 Å². The summed E-state index contributed by atoms with van der Waals surface area (Å²) >= 11 is 11.7. The second-order valence-corrected chi connectivity index (χ2v) is 6.46. The van der Waals surface area contributed by atoms with Gasteiger partial charge in [0.1, 0.15) is 18.1 Å². The first-order valence-corrected chi connectivity index (χ1v) is 8.43. The Morgan fingerprint density at radius 1 is 1.24 bits per heavy atom. The summed E-state index contributed by atoms with van der Waals surface area (Å²) in [5.41, 5.74) is 1.47. The molecule has 0 bridgehead atoms. The SMILES string of the molecule is COc1ccc(N2C(=O)CN(C(C)c3ccc(F)cc3)C2=S)cc1Cl. The topological polar surface area (TPSA) is 32.8 Å². The lowest BCUT2D eigenvalue weighted by molar-refractivity contribution is -0.116. The number of nitrogens with zero attached hydrogens (tertiary/aromatic N) is 2. The quantitative estimate of drug-likeness (QED) is 0.747. The minimum atomic E-state index is -0.300. The molecule has 1 heterocycles. The molecule has 2 aromatic carbocycles. The van der Waals surface area contributed by atoms with Gasteiger partial charge in [0.25, 0.3) is 5.91 Å². The van der Waals surface area contributed by atoms with E-state index in [1.165, 1.54) is 24.1 Å². The normalized spacial score (nSPS) is 15.7. The van der Waals surface area contributed by atoms with Crippen LogP contribution in [0.15, 0.2) is 42.5 Å². The van der Waals surface area contributed by atoms with Gasteiger partial charge in [0.15, 0.2) is 5.11 Å². The van der Waals surface area contributed by atoms with Crippen LogP contribution >= 0.6 is 23.8 Å². The fraction of sp³-hybridized carbons (Fsp3) is 0.222. The number of rotatable bonds is 4. The summed E-state index contributed by atoms with van der Waals surface area (Å²) in [7, 11) is 1.53. The van der Waals surface area contributed by atoms with Gasteiger partial charge in [-0.1, -0.05) is 23.7 Å². The number of halogens is 2. The Labute approximate surface area is 155 Å². The number of anilines is 1. The van der Waals surface area contributed by atoms with Gasteiger partial charge in [-0.15, -0.1) is 0 Å². The van der Waals surface area contributed by atoms with Crippen LogP contribution in [0.5, 0.6) is 5.75 Å². The van der Waals surface area contributed by atoms with E-state index in [-0.39, 0.29) is 24.3 Å². The van der Waals surface area contributed by atoms with Crippen molar-refractivity contribution in [1.82, 2.24) is 4.90 Å². The van der Waals surface area contributed by atoms with Crippen molar-refractivity contribution in [3.05, 3.63) is 58.9 Å². The number of methoxy groups -OCH3 is 1. The summed E-state index contributed by atoms with van der Waals surface area (Å²) in [5, 5.41) is 0.795. The van der Waals surface area contributed by atoms with E-state index in [1.807, 2.05) is 11.8 Å². The van der Waals surface area contributed by atoms with Crippen LogP contribution in [0.25, 0.3) is 0 Å². The van der Waals surface area contributed by atoms with E-state index in [2.05, 4.69) is 0 Å². The minimum absolute atomic E-state index is 0.139. The number of thiocarbonyl (C=S) groups is 1. The number of carbonyl (C=O) groups excluding carboxylic acids is 1. The highest BCUT2D eigenvalue weighted by Crippen LogP contribution is 2.33. The highest BCUT2D eigenvalue weighted by atomic mass is 35.5. The minimum Gasteiger partial charge on any atom is -0.495 e. The van der Waals surface area contributed by atoms with Crippen LogP contribution in [0, 0.1) is 5.82 Å².